The van der Waals surface area contributed by atoms with Gasteiger partial charge in [0.1, 0.15) is 12.0 Å². The number of nitrogen functional groups attached to an aromatic ring is 1. The Balaban J connectivity index is 1.97. The minimum atomic E-state index is 0.448. The van der Waals surface area contributed by atoms with Gasteiger partial charge in [-0.2, -0.15) is 0 Å². The van der Waals surface area contributed by atoms with Gasteiger partial charge < -0.3 is 16.0 Å². The normalized spacial score (nSPS) is 10.5. The van der Waals surface area contributed by atoms with E-state index in [-0.39, 0.29) is 0 Å². The van der Waals surface area contributed by atoms with E-state index in [1.807, 2.05) is 42.2 Å². The summed E-state index contributed by atoms with van der Waals surface area (Å²) in [5.41, 5.74) is 8.49. The fourth-order valence-electron chi connectivity index (χ4n) is 2.53. The predicted octanol–water partition coefficient (Wildman–Crippen LogP) is 5.27. The summed E-state index contributed by atoms with van der Waals surface area (Å²) in [6.45, 7) is 2.76. The highest BCUT2D eigenvalue weighted by atomic mass is 35.5. The Kier molecular flexibility index (Phi) is 5.26. The molecule has 2 aromatic carbocycles. The van der Waals surface area contributed by atoms with Gasteiger partial charge in [0.25, 0.3) is 0 Å². The van der Waals surface area contributed by atoms with Crippen molar-refractivity contribution in [3.05, 3.63) is 64.9 Å². The third kappa shape index (κ3) is 3.95. The zero-order valence-corrected chi connectivity index (χ0v) is 15.1. The molecule has 3 aromatic rings. The third-order valence-corrected chi connectivity index (χ3v) is 4.06. The van der Waals surface area contributed by atoms with E-state index in [4.69, 9.17) is 28.9 Å². The van der Waals surface area contributed by atoms with Crippen molar-refractivity contribution in [2.45, 2.75) is 6.92 Å². The SMILES string of the molecule is CCN(c1ccccc1)c1ncnc(Nc2cc(Cl)cc(Cl)c2)c1N. The second kappa shape index (κ2) is 7.59. The zero-order chi connectivity index (χ0) is 17.8. The third-order valence-electron chi connectivity index (χ3n) is 3.63. The summed E-state index contributed by atoms with van der Waals surface area (Å²) in [6, 6.07) is 15.1. The lowest BCUT2D eigenvalue weighted by Gasteiger charge is -2.24. The van der Waals surface area contributed by atoms with Gasteiger partial charge in [-0.1, -0.05) is 41.4 Å². The van der Waals surface area contributed by atoms with E-state index in [0.717, 1.165) is 5.69 Å². The van der Waals surface area contributed by atoms with E-state index in [0.29, 0.717) is 39.6 Å². The van der Waals surface area contributed by atoms with Crippen LogP contribution in [0.2, 0.25) is 10.0 Å². The van der Waals surface area contributed by atoms with Crippen LogP contribution in [0.1, 0.15) is 6.92 Å². The largest absolute Gasteiger partial charge is 0.393 e. The highest BCUT2D eigenvalue weighted by molar-refractivity contribution is 6.35. The summed E-state index contributed by atoms with van der Waals surface area (Å²) in [5.74, 6) is 1.14. The van der Waals surface area contributed by atoms with Crippen LogP contribution in [0.3, 0.4) is 0 Å². The number of anilines is 5. The lowest BCUT2D eigenvalue weighted by Crippen LogP contribution is -2.19. The highest BCUT2D eigenvalue weighted by Gasteiger charge is 2.16. The first-order valence-electron chi connectivity index (χ1n) is 7.74. The molecule has 7 heteroatoms. The van der Waals surface area contributed by atoms with Crippen molar-refractivity contribution in [2.24, 2.45) is 0 Å². The molecule has 25 heavy (non-hydrogen) atoms. The van der Waals surface area contributed by atoms with Crippen LogP contribution in [0.15, 0.2) is 54.9 Å². The Morgan fingerprint density at radius 3 is 2.36 bits per heavy atom. The molecule has 128 valence electrons. The minimum Gasteiger partial charge on any atom is -0.393 e. The molecular weight excluding hydrogens is 357 g/mol. The molecule has 0 saturated heterocycles. The molecule has 0 aliphatic carbocycles. The number of nitrogens with one attached hydrogen (secondary N) is 1. The summed E-state index contributed by atoms with van der Waals surface area (Å²) >= 11 is 12.1. The van der Waals surface area contributed by atoms with Crippen LogP contribution in [-0.4, -0.2) is 16.5 Å². The number of para-hydroxylation sites is 1. The molecule has 3 rings (SSSR count). The van der Waals surface area contributed by atoms with Gasteiger partial charge in [0.2, 0.25) is 0 Å². The van der Waals surface area contributed by atoms with Gasteiger partial charge in [0.15, 0.2) is 11.6 Å². The lowest BCUT2D eigenvalue weighted by molar-refractivity contribution is 0.980. The molecule has 0 bridgehead atoms. The quantitative estimate of drug-likeness (QED) is 0.637. The van der Waals surface area contributed by atoms with Crippen LogP contribution < -0.4 is 16.0 Å². The topological polar surface area (TPSA) is 67.1 Å². The van der Waals surface area contributed by atoms with Gasteiger partial charge in [-0.25, -0.2) is 9.97 Å². The van der Waals surface area contributed by atoms with Gasteiger partial charge >= 0.3 is 0 Å². The molecule has 1 heterocycles. The van der Waals surface area contributed by atoms with E-state index in [1.54, 1.807) is 18.2 Å². The molecule has 3 N–H and O–H groups in total. The van der Waals surface area contributed by atoms with Crippen LogP contribution in [0.25, 0.3) is 0 Å². The van der Waals surface area contributed by atoms with Gasteiger partial charge in [0.05, 0.1) is 0 Å². The highest BCUT2D eigenvalue weighted by Crippen LogP contribution is 2.33. The summed E-state index contributed by atoms with van der Waals surface area (Å²) in [4.78, 5) is 10.6. The Morgan fingerprint density at radius 1 is 1.04 bits per heavy atom. The van der Waals surface area contributed by atoms with Crippen molar-refractivity contribution in [3.8, 4) is 0 Å². The summed E-state index contributed by atoms with van der Waals surface area (Å²) in [5, 5.41) is 4.21. The second-order valence-electron chi connectivity index (χ2n) is 5.32. The Bertz CT molecular complexity index is 850. The maximum Gasteiger partial charge on any atom is 0.161 e. The van der Waals surface area contributed by atoms with Crippen molar-refractivity contribution < 1.29 is 0 Å². The smallest absolute Gasteiger partial charge is 0.161 e. The molecule has 0 aliphatic heterocycles. The number of hydrogen-bond acceptors (Lipinski definition) is 5. The van der Waals surface area contributed by atoms with Crippen molar-refractivity contribution >= 4 is 51.9 Å². The number of nitrogens with zero attached hydrogens (tertiary/aromatic N) is 3. The molecule has 0 fully saturated rings. The number of hydrogen-bond donors (Lipinski definition) is 2. The van der Waals surface area contributed by atoms with Crippen LogP contribution in [0.4, 0.5) is 28.7 Å². The maximum absolute atomic E-state index is 6.33. The first kappa shape index (κ1) is 17.3. The fraction of sp³-hybridized carbons (Fsp3) is 0.111. The number of aromatic nitrogens is 2. The van der Waals surface area contributed by atoms with Gasteiger partial charge in [-0.15, -0.1) is 0 Å². The van der Waals surface area contributed by atoms with Crippen molar-refractivity contribution in [3.63, 3.8) is 0 Å². The Labute approximate surface area is 156 Å². The first-order chi connectivity index (χ1) is 12.1. The first-order valence-corrected chi connectivity index (χ1v) is 8.50. The summed E-state index contributed by atoms with van der Waals surface area (Å²) in [6.07, 6.45) is 1.48. The van der Waals surface area contributed by atoms with Crippen molar-refractivity contribution in [1.82, 2.24) is 9.97 Å². The summed E-state index contributed by atoms with van der Waals surface area (Å²) in [7, 11) is 0. The van der Waals surface area contributed by atoms with E-state index in [1.165, 1.54) is 6.33 Å². The van der Waals surface area contributed by atoms with Crippen molar-refractivity contribution in [1.29, 1.82) is 0 Å². The van der Waals surface area contributed by atoms with Crippen molar-refractivity contribution in [2.75, 3.05) is 22.5 Å². The lowest BCUT2D eigenvalue weighted by atomic mass is 10.2. The molecule has 5 nitrogen and oxygen atoms in total. The molecule has 0 amide bonds. The number of benzene rings is 2. The molecule has 1 aromatic heterocycles. The zero-order valence-electron chi connectivity index (χ0n) is 13.6. The van der Waals surface area contributed by atoms with E-state index in [2.05, 4.69) is 15.3 Å². The van der Waals surface area contributed by atoms with Crippen LogP contribution in [0.5, 0.6) is 0 Å². The van der Waals surface area contributed by atoms with E-state index >= 15 is 0 Å². The molecule has 0 atom stereocenters. The molecule has 0 unspecified atom stereocenters. The van der Waals surface area contributed by atoms with Gasteiger partial charge in [-0.3, -0.25) is 0 Å². The van der Waals surface area contributed by atoms with E-state index in [9.17, 15) is 0 Å². The molecule has 0 saturated carbocycles. The number of nitrogens with two attached hydrogens (primary N) is 1. The average Bonchev–Trinajstić information content (AvgIpc) is 2.59. The Morgan fingerprint density at radius 2 is 1.72 bits per heavy atom. The number of rotatable bonds is 5. The molecule has 0 radical (unpaired) electrons. The van der Waals surface area contributed by atoms with Crippen LogP contribution >= 0.6 is 23.2 Å². The van der Waals surface area contributed by atoms with Gasteiger partial charge in [-0.05, 0) is 37.3 Å². The number of halogens is 2. The van der Waals surface area contributed by atoms with Crippen LogP contribution in [-0.2, 0) is 0 Å². The van der Waals surface area contributed by atoms with Gasteiger partial charge in [0, 0.05) is 28.0 Å². The monoisotopic (exact) mass is 373 g/mol. The fourth-order valence-corrected chi connectivity index (χ4v) is 3.05. The average molecular weight is 374 g/mol. The summed E-state index contributed by atoms with van der Waals surface area (Å²) < 4.78 is 0. The minimum absolute atomic E-state index is 0.448. The maximum atomic E-state index is 6.33. The molecule has 0 spiro atoms. The standard InChI is InChI=1S/C18H17Cl2N5/c1-2-25(15-6-4-3-5-7-15)18-16(21)17(22-11-23-18)24-14-9-12(19)8-13(20)10-14/h3-11H,2,21H2,1H3,(H,22,23,24). The van der Waals surface area contributed by atoms with Crippen LogP contribution in [0, 0.1) is 0 Å². The Hall–Kier alpha value is -2.50. The van der Waals surface area contributed by atoms with E-state index < -0.39 is 0 Å². The second-order valence-corrected chi connectivity index (χ2v) is 6.20. The predicted molar refractivity (Wildman–Crippen MR) is 105 cm³/mol. The molecular formula is C18H17Cl2N5. The molecule has 0 aliphatic rings.